The van der Waals surface area contributed by atoms with E-state index in [1.807, 2.05) is 0 Å². The van der Waals surface area contributed by atoms with Crippen LogP contribution in [0.25, 0.3) is 0 Å². The molecule has 0 unspecified atom stereocenters. The van der Waals surface area contributed by atoms with Gasteiger partial charge in [0.15, 0.2) is 6.29 Å². The predicted molar refractivity (Wildman–Crippen MR) is 51.9 cm³/mol. The van der Waals surface area contributed by atoms with E-state index in [0.29, 0.717) is 17.2 Å². The molecule has 0 amide bonds. The molecular weight excluding hydrogens is 256 g/mol. The van der Waals surface area contributed by atoms with Crippen LogP contribution in [0.1, 0.15) is 33.7 Å². The number of alkyl halides is 3. The van der Waals surface area contributed by atoms with Gasteiger partial charge in [0.1, 0.15) is 5.69 Å². The largest absolute Gasteiger partial charge is 0.296 e. The Morgan fingerprint density at radius 1 is 1.64 bits per heavy atom. The van der Waals surface area contributed by atoms with E-state index >= 15 is 0 Å². The highest BCUT2D eigenvalue weighted by atomic mass is 79.9. The molecule has 0 aliphatic rings. The Kier molecular flexibility index (Phi) is 3.69. The van der Waals surface area contributed by atoms with Crippen LogP contribution in [0.3, 0.4) is 0 Å². The Bertz CT molecular complexity index is 355. The van der Waals surface area contributed by atoms with Crippen molar-refractivity contribution < 1.29 is 13.6 Å². The maximum absolute atomic E-state index is 12.4. The molecule has 0 aliphatic heterocycles. The first-order chi connectivity index (χ1) is 6.60. The summed E-state index contributed by atoms with van der Waals surface area (Å²) in [4.78, 5) is 14.4. The molecule has 0 saturated carbocycles. The summed E-state index contributed by atoms with van der Waals surface area (Å²) in [5.41, 5.74) is 0.779. The molecule has 1 rings (SSSR count). The van der Waals surface area contributed by atoms with Crippen molar-refractivity contribution in [2.45, 2.75) is 18.7 Å². The van der Waals surface area contributed by atoms with Gasteiger partial charge in [0.2, 0.25) is 0 Å². The molecule has 0 atom stereocenters. The van der Waals surface area contributed by atoms with Crippen LogP contribution in [0.5, 0.6) is 0 Å². The molecule has 0 saturated heterocycles. The summed E-state index contributed by atoms with van der Waals surface area (Å²) in [6, 6.07) is 1.31. The van der Waals surface area contributed by atoms with Gasteiger partial charge in [-0.3, -0.25) is 4.79 Å². The van der Waals surface area contributed by atoms with Crippen LogP contribution in [-0.4, -0.2) is 11.3 Å². The van der Waals surface area contributed by atoms with Crippen LogP contribution in [0.4, 0.5) is 8.78 Å². The normalized spacial score (nSPS) is 10.6. The van der Waals surface area contributed by atoms with Crippen molar-refractivity contribution in [3.63, 3.8) is 0 Å². The summed E-state index contributed by atoms with van der Waals surface area (Å²) >= 11 is 3.11. The fraction of sp³-hybridized carbons (Fsp3) is 0.333. The number of carbonyl (C=O) groups is 1. The van der Waals surface area contributed by atoms with E-state index < -0.39 is 6.43 Å². The summed E-state index contributed by atoms with van der Waals surface area (Å²) in [6.45, 7) is 1.46. The molecule has 76 valence electrons. The summed E-state index contributed by atoms with van der Waals surface area (Å²) in [6.07, 6.45) is -1.99. The van der Waals surface area contributed by atoms with Crippen LogP contribution < -0.4 is 0 Å². The highest BCUT2D eigenvalue weighted by Crippen LogP contribution is 2.24. The minimum atomic E-state index is -2.55. The van der Waals surface area contributed by atoms with Crippen LogP contribution in [0, 0.1) is 6.92 Å². The van der Waals surface area contributed by atoms with Crippen molar-refractivity contribution >= 4 is 22.2 Å². The van der Waals surface area contributed by atoms with Crippen molar-refractivity contribution in [2.75, 3.05) is 0 Å². The first kappa shape index (κ1) is 11.2. The second-order valence-electron chi connectivity index (χ2n) is 2.76. The SMILES string of the molecule is Cc1nc(C=O)c(CBr)cc1C(F)F. The molecule has 0 fully saturated rings. The summed E-state index contributed by atoms with van der Waals surface area (Å²) < 4.78 is 24.9. The van der Waals surface area contributed by atoms with E-state index in [0.717, 1.165) is 0 Å². The number of aromatic nitrogens is 1. The first-order valence-corrected chi connectivity index (χ1v) is 5.02. The van der Waals surface area contributed by atoms with E-state index in [1.54, 1.807) is 0 Å². The maximum atomic E-state index is 12.4. The highest BCUT2D eigenvalue weighted by molar-refractivity contribution is 9.08. The Labute approximate surface area is 88.5 Å². The van der Waals surface area contributed by atoms with Gasteiger partial charge < -0.3 is 0 Å². The zero-order valence-electron chi connectivity index (χ0n) is 7.43. The minimum Gasteiger partial charge on any atom is -0.296 e. The number of pyridine rings is 1. The van der Waals surface area contributed by atoms with Gasteiger partial charge in [-0.05, 0) is 18.6 Å². The van der Waals surface area contributed by atoms with Crippen molar-refractivity contribution in [1.29, 1.82) is 0 Å². The Balaban J connectivity index is 3.30. The monoisotopic (exact) mass is 263 g/mol. The number of halogens is 3. The average molecular weight is 264 g/mol. The van der Waals surface area contributed by atoms with Crippen LogP contribution in [0.15, 0.2) is 6.07 Å². The highest BCUT2D eigenvalue weighted by Gasteiger charge is 2.14. The molecule has 0 N–H and O–H groups in total. The summed E-state index contributed by atoms with van der Waals surface area (Å²) in [5.74, 6) is 0. The maximum Gasteiger partial charge on any atom is 0.265 e. The fourth-order valence-electron chi connectivity index (χ4n) is 1.11. The molecular formula is C9H8BrF2NO. The number of rotatable bonds is 3. The first-order valence-electron chi connectivity index (χ1n) is 3.89. The topological polar surface area (TPSA) is 30.0 Å². The number of aryl methyl sites for hydroxylation is 1. The molecule has 1 heterocycles. The lowest BCUT2D eigenvalue weighted by Crippen LogP contribution is -2.01. The summed E-state index contributed by atoms with van der Waals surface area (Å²) in [7, 11) is 0. The van der Waals surface area contributed by atoms with Gasteiger partial charge in [0.25, 0.3) is 6.43 Å². The van der Waals surface area contributed by atoms with Gasteiger partial charge in [-0.15, -0.1) is 0 Å². The fourth-order valence-corrected chi connectivity index (χ4v) is 1.56. The molecule has 0 bridgehead atoms. The van der Waals surface area contributed by atoms with Gasteiger partial charge >= 0.3 is 0 Å². The number of hydrogen-bond donors (Lipinski definition) is 0. The predicted octanol–water partition coefficient (Wildman–Crippen LogP) is 3.04. The number of nitrogens with zero attached hydrogens (tertiary/aromatic N) is 1. The van der Waals surface area contributed by atoms with E-state index in [1.165, 1.54) is 13.0 Å². The standard InChI is InChI=1S/C9H8BrF2NO/c1-5-7(9(11)12)2-6(3-10)8(4-14)13-5/h2,4,9H,3H2,1H3. The lowest BCUT2D eigenvalue weighted by Gasteiger charge is -2.07. The molecule has 14 heavy (non-hydrogen) atoms. The average Bonchev–Trinajstić information content (AvgIpc) is 2.16. The van der Waals surface area contributed by atoms with Gasteiger partial charge in [-0.2, -0.15) is 0 Å². The third-order valence-corrected chi connectivity index (χ3v) is 2.46. The molecule has 2 nitrogen and oxygen atoms in total. The van der Waals surface area contributed by atoms with Gasteiger partial charge in [-0.1, -0.05) is 15.9 Å². The van der Waals surface area contributed by atoms with Gasteiger partial charge in [-0.25, -0.2) is 13.8 Å². The Morgan fingerprint density at radius 3 is 2.71 bits per heavy atom. The molecule has 0 aliphatic carbocycles. The van der Waals surface area contributed by atoms with Crippen molar-refractivity contribution in [3.8, 4) is 0 Å². The van der Waals surface area contributed by atoms with E-state index in [9.17, 15) is 13.6 Å². The molecule has 5 heteroatoms. The minimum absolute atomic E-state index is 0.120. The molecule has 0 radical (unpaired) electrons. The van der Waals surface area contributed by atoms with Crippen molar-refractivity contribution in [3.05, 3.63) is 28.6 Å². The lowest BCUT2D eigenvalue weighted by atomic mass is 10.1. The number of carbonyl (C=O) groups excluding carboxylic acids is 1. The van der Waals surface area contributed by atoms with Crippen LogP contribution >= 0.6 is 15.9 Å². The third-order valence-electron chi connectivity index (χ3n) is 1.86. The Morgan fingerprint density at radius 2 is 2.29 bits per heavy atom. The smallest absolute Gasteiger partial charge is 0.265 e. The van der Waals surface area contributed by atoms with Crippen LogP contribution in [-0.2, 0) is 5.33 Å². The molecule has 0 aromatic carbocycles. The summed E-state index contributed by atoms with van der Waals surface area (Å²) in [5, 5.41) is 0.341. The molecule has 0 spiro atoms. The van der Waals surface area contributed by atoms with Crippen LogP contribution in [0.2, 0.25) is 0 Å². The second-order valence-corrected chi connectivity index (χ2v) is 3.32. The Hall–Kier alpha value is -0.840. The van der Waals surface area contributed by atoms with E-state index in [2.05, 4.69) is 20.9 Å². The van der Waals surface area contributed by atoms with Gasteiger partial charge in [0, 0.05) is 16.6 Å². The quantitative estimate of drug-likeness (QED) is 0.620. The zero-order valence-corrected chi connectivity index (χ0v) is 9.01. The lowest BCUT2D eigenvalue weighted by molar-refractivity contribution is 0.111. The van der Waals surface area contributed by atoms with Crippen molar-refractivity contribution in [1.82, 2.24) is 4.98 Å². The molecule has 1 aromatic rings. The third kappa shape index (κ3) is 2.15. The van der Waals surface area contributed by atoms with E-state index in [-0.39, 0.29) is 17.0 Å². The van der Waals surface area contributed by atoms with Gasteiger partial charge in [0.05, 0.1) is 0 Å². The number of aldehydes is 1. The zero-order chi connectivity index (χ0) is 10.7. The second kappa shape index (κ2) is 4.59. The van der Waals surface area contributed by atoms with Crippen molar-refractivity contribution in [2.24, 2.45) is 0 Å². The number of hydrogen-bond acceptors (Lipinski definition) is 2. The van der Waals surface area contributed by atoms with E-state index in [4.69, 9.17) is 0 Å². The molecule has 1 aromatic heterocycles.